The Morgan fingerprint density at radius 3 is 3.06 bits per heavy atom. The lowest BCUT2D eigenvalue weighted by atomic mass is 10.4. The van der Waals surface area contributed by atoms with Crippen LogP contribution >= 0.6 is 11.3 Å². The van der Waals surface area contributed by atoms with Crippen LogP contribution in [0, 0.1) is 0 Å². The van der Waals surface area contributed by atoms with Gasteiger partial charge in [-0.05, 0) is 7.05 Å². The second kappa shape index (κ2) is 7.21. The van der Waals surface area contributed by atoms with Crippen LogP contribution in [0.3, 0.4) is 0 Å². The molecule has 0 saturated carbocycles. The topological polar surface area (TPSA) is 74.7 Å². The third-order valence-corrected chi connectivity index (χ3v) is 3.01. The highest BCUT2D eigenvalue weighted by Gasteiger charge is 2.12. The Labute approximate surface area is 104 Å². The number of aromatic carboxylic acids is 1. The number of hydrogen-bond acceptors (Lipinski definition) is 6. The molecule has 0 fully saturated rings. The number of ether oxygens (including phenoxy) is 1. The predicted octanol–water partition coefficient (Wildman–Crippen LogP) is 0.831. The Balaban J connectivity index is 2.30. The molecule has 96 valence electrons. The number of rotatable bonds is 8. The maximum Gasteiger partial charge on any atom is 0.357 e. The molecule has 6 nitrogen and oxygen atoms in total. The van der Waals surface area contributed by atoms with Gasteiger partial charge in [-0.1, -0.05) is 0 Å². The summed E-state index contributed by atoms with van der Waals surface area (Å²) in [5, 5.41) is 12.5. The molecule has 0 atom stereocenters. The van der Waals surface area contributed by atoms with E-state index in [4.69, 9.17) is 9.84 Å². The summed E-state index contributed by atoms with van der Waals surface area (Å²) < 4.78 is 4.97. The van der Waals surface area contributed by atoms with Crippen LogP contribution in [-0.4, -0.2) is 61.4 Å². The molecule has 0 saturated heterocycles. The molecule has 0 radical (unpaired) electrons. The fourth-order valence-corrected chi connectivity index (χ4v) is 1.94. The molecule has 1 heterocycles. The molecular weight excluding hydrogens is 242 g/mol. The number of nitrogens with one attached hydrogen (secondary N) is 1. The number of carboxylic acids is 1. The largest absolute Gasteiger partial charge is 0.476 e. The van der Waals surface area contributed by atoms with Crippen molar-refractivity contribution >= 4 is 22.3 Å². The van der Waals surface area contributed by atoms with Crippen molar-refractivity contribution in [3.05, 3.63) is 11.2 Å². The van der Waals surface area contributed by atoms with Gasteiger partial charge in [0, 0.05) is 26.7 Å². The first-order valence-corrected chi connectivity index (χ1v) is 6.11. The second-order valence-electron chi connectivity index (χ2n) is 3.56. The highest BCUT2D eigenvalue weighted by Crippen LogP contribution is 2.19. The van der Waals surface area contributed by atoms with Gasteiger partial charge in [0.05, 0.1) is 12.1 Å². The van der Waals surface area contributed by atoms with Crippen molar-refractivity contribution in [3.63, 3.8) is 0 Å². The van der Waals surface area contributed by atoms with Crippen LogP contribution in [-0.2, 0) is 4.74 Å². The summed E-state index contributed by atoms with van der Waals surface area (Å²) in [4.78, 5) is 16.7. The Morgan fingerprint density at radius 2 is 2.41 bits per heavy atom. The van der Waals surface area contributed by atoms with Crippen LogP contribution in [0.1, 0.15) is 10.5 Å². The van der Waals surface area contributed by atoms with Crippen molar-refractivity contribution in [2.45, 2.75) is 0 Å². The molecule has 0 unspecified atom stereocenters. The fourth-order valence-electron chi connectivity index (χ4n) is 1.24. The van der Waals surface area contributed by atoms with Gasteiger partial charge >= 0.3 is 5.97 Å². The molecule has 0 spiro atoms. The number of thiazole rings is 1. The third-order valence-electron chi connectivity index (χ3n) is 2.23. The lowest BCUT2D eigenvalue weighted by Gasteiger charge is -2.16. The molecule has 7 heteroatoms. The number of carbonyl (C=O) groups is 1. The van der Waals surface area contributed by atoms with E-state index < -0.39 is 5.97 Å². The van der Waals surface area contributed by atoms with Crippen LogP contribution in [0.2, 0.25) is 0 Å². The van der Waals surface area contributed by atoms with Crippen molar-refractivity contribution in [2.75, 3.05) is 45.7 Å². The van der Waals surface area contributed by atoms with Gasteiger partial charge in [0.15, 0.2) is 5.69 Å². The number of methoxy groups -OCH3 is 1. The monoisotopic (exact) mass is 259 g/mol. The normalized spacial score (nSPS) is 10.8. The third kappa shape index (κ3) is 4.68. The van der Waals surface area contributed by atoms with Crippen LogP contribution in [0.15, 0.2) is 5.51 Å². The summed E-state index contributed by atoms with van der Waals surface area (Å²) in [6, 6.07) is 0. The van der Waals surface area contributed by atoms with Crippen LogP contribution in [0.4, 0.5) is 5.00 Å². The maximum atomic E-state index is 10.8. The van der Waals surface area contributed by atoms with Gasteiger partial charge in [0.25, 0.3) is 0 Å². The molecule has 1 rings (SSSR count). The molecule has 0 amide bonds. The lowest BCUT2D eigenvalue weighted by molar-refractivity contribution is 0.0692. The van der Waals surface area contributed by atoms with Gasteiger partial charge in [0.2, 0.25) is 0 Å². The summed E-state index contributed by atoms with van der Waals surface area (Å²) in [6.07, 6.45) is 0. The van der Waals surface area contributed by atoms with Crippen LogP contribution < -0.4 is 5.32 Å². The van der Waals surface area contributed by atoms with Crippen molar-refractivity contribution in [1.82, 2.24) is 9.88 Å². The quantitative estimate of drug-likeness (QED) is 0.720. The van der Waals surface area contributed by atoms with E-state index in [1.165, 1.54) is 16.8 Å². The number of likely N-dealkylation sites (N-methyl/N-ethyl adjacent to an activating group) is 1. The first-order chi connectivity index (χ1) is 8.15. The molecule has 0 aliphatic rings. The molecular formula is C10H17N3O3S. The van der Waals surface area contributed by atoms with E-state index in [-0.39, 0.29) is 5.69 Å². The molecule has 0 aliphatic heterocycles. The minimum atomic E-state index is -0.999. The molecule has 0 bridgehead atoms. The summed E-state index contributed by atoms with van der Waals surface area (Å²) in [6.45, 7) is 3.05. The highest BCUT2D eigenvalue weighted by molar-refractivity contribution is 7.14. The van der Waals surface area contributed by atoms with E-state index in [1.807, 2.05) is 7.05 Å². The maximum absolute atomic E-state index is 10.8. The van der Waals surface area contributed by atoms with E-state index in [2.05, 4.69) is 15.2 Å². The van der Waals surface area contributed by atoms with Gasteiger partial charge < -0.3 is 20.1 Å². The molecule has 1 aromatic heterocycles. The number of nitrogens with zero attached hydrogens (tertiary/aromatic N) is 2. The van der Waals surface area contributed by atoms with Gasteiger partial charge in [-0.3, -0.25) is 0 Å². The van der Waals surface area contributed by atoms with E-state index in [0.717, 1.165) is 13.1 Å². The highest BCUT2D eigenvalue weighted by atomic mass is 32.1. The summed E-state index contributed by atoms with van der Waals surface area (Å²) >= 11 is 1.30. The average molecular weight is 259 g/mol. The lowest BCUT2D eigenvalue weighted by Crippen LogP contribution is -2.28. The fraction of sp³-hybridized carbons (Fsp3) is 0.600. The molecule has 2 N–H and O–H groups in total. The Morgan fingerprint density at radius 1 is 1.65 bits per heavy atom. The first kappa shape index (κ1) is 13.9. The molecule has 17 heavy (non-hydrogen) atoms. The summed E-state index contributed by atoms with van der Waals surface area (Å²) in [5.41, 5.74) is 1.62. The zero-order valence-electron chi connectivity index (χ0n) is 9.97. The molecule has 0 aromatic carbocycles. The average Bonchev–Trinajstić information content (AvgIpc) is 2.74. The van der Waals surface area contributed by atoms with Crippen molar-refractivity contribution in [1.29, 1.82) is 0 Å². The minimum Gasteiger partial charge on any atom is -0.476 e. The van der Waals surface area contributed by atoms with E-state index in [1.54, 1.807) is 7.11 Å². The standard InChI is InChI=1S/C10H17N3O3S/c1-13(5-6-16-2)4-3-11-9-8(10(14)15)12-7-17-9/h7,11H,3-6H2,1-2H3,(H,14,15). The SMILES string of the molecule is COCCN(C)CCNc1scnc1C(=O)O. The number of carboxylic acid groups (broad SMARTS) is 1. The van der Waals surface area contributed by atoms with Gasteiger partial charge in [-0.15, -0.1) is 11.3 Å². The Hall–Kier alpha value is -1.18. The number of anilines is 1. The van der Waals surface area contributed by atoms with Crippen molar-refractivity contribution < 1.29 is 14.6 Å². The van der Waals surface area contributed by atoms with E-state index >= 15 is 0 Å². The van der Waals surface area contributed by atoms with Gasteiger partial charge in [0.1, 0.15) is 5.00 Å². The van der Waals surface area contributed by atoms with E-state index in [9.17, 15) is 4.79 Å². The molecule has 1 aromatic rings. The Kier molecular flexibility index (Phi) is 5.88. The second-order valence-corrected chi connectivity index (χ2v) is 4.41. The van der Waals surface area contributed by atoms with Crippen LogP contribution in [0.25, 0.3) is 0 Å². The predicted molar refractivity (Wildman–Crippen MR) is 66.9 cm³/mol. The summed E-state index contributed by atoms with van der Waals surface area (Å²) in [5.74, 6) is -0.999. The smallest absolute Gasteiger partial charge is 0.357 e. The van der Waals surface area contributed by atoms with Crippen molar-refractivity contribution in [3.8, 4) is 0 Å². The Bertz CT molecular complexity index is 356. The number of aromatic nitrogens is 1. The van der Waals surface area contributed by atoms with Gasteiger partial charge in [-0.25, -0.2) is 9.78 Å². The summed E-state index contributed by atoms with van der Waals surface area (Å²) in [7, 11) is 3.66. The van der Waals surface area contributed by atoms with Gasteiger partial charge in [-0.2, -0.15) is 0 Å². The zero-order chi connectivity index (χ0) is 12.7. The first-order valence-electron chi connectivity index (χ1n) is 5.23. The zero-order valence-corrected chi connectivity index (χ0v) is 10.8. The minimum absolute atomic E-state index is 0.0922. The number of hydrogen-bond donors (Lipinski definition) is 2. The van der Waals surface area contributed by atoms with Crippen molar-refractivity contribution in [2.24, 2.45) is 0 Å². The van der Waals surface area contributed by atoms with E-state index in [0.29, 0.717) is 18.2 Å². The van der Waals surface area contributed by atoms with Crippen LogP contribution in [0.5, 0.6) is 0 Å². The molecule has 0 aliphatic carbocycles.